The van der Waals surface area contributed by atoms with Gasteiger partial charge in [-0.05, 0) is 17.5 Å². The fourth-order valence-electron chi connectivity index (χ4n) is 1.74. The lowest BCUT2D eigenvalue weighted by atomic mass is 10.2. The molecule has 0 saturated heterocycles. The molecule has 1 aromatic carbocycles. The molecule has 0 bridgehead atoms. The Morgan fingerprint density at radius 3 is 2.57 bits per heavy atom. The van der Waals surface area contributed by atoms with Gasteiger partial charge in [0, 0.05) is 6.07 Å². The van der Waals surface area contributed by atoms with Crippen molar-refractivity contribution in [1.29, 1.82) is 0 Å². The Bertz CT molecular complexity index is 702. The van der Waals surface area contributed by atoms with Gasteiger partial charge in [-0.3, -0.25) is 4.79 Å². The van der Waals surface area contributed by atoms with Crippen molar-refractivity contribution in [3.05, 3.63) is 39.5 Å². The molecule has 1 heterocycles. The molecule has 1 aromatic heterocycles. The monoisotopic (exact) mass is 355 g/mol. The maximum atomic E-state index is 11.9. The molecule has 0 radical (unpaired) electrons. The Morgan fingerprint density at radius 1 is 1.22 bits per heavy atom. The van der Waals surface area contributed by atoms with Crippen molar-refractivity contribution in [2.75, 3.05) is 26.1 Å². The molecular formula is C15H14ClNO5S. The third-order valence-corrected chi connectivity index (χ3v) is 3.95. The van der Waals surface area contributed by atoms with E-state index in [0.29, 0.717) is 27.1 Å². The van der Waals surface area contributed by atoms with E-state index in [4.69, 9.17) is 25.8 Å². The summed E-state index contributed by atoms with van der Waals surface area (Å²) in [6.07, 6.45) is 0. The molecule has 0 spiro atoms. The SMILES string of the molecule is COc1cc(OC)c(NC(=O)COC(=O)c2cccs2)cc1Cl. The highest BCUT2D eigenvalue weighted by molar-refractivity contribution is 7.11. The minimum absolute atomic E-state index is 0.319. The molecule has 6 nitrogen and oxygen atoms in total. The van der Waals surface area contributed by atoms with E-state index < -0.39 is 18.5 Å². The quantitative estimate of drug-likeness (QED) is 0.805. The minimum atomic E-state index is -0.546. The number of methoxy groups -OCH3 is 2. The second-order valence-electron chi connectivity index (χ2n) is 4.29. The molecule has 0 fully saturated rings. The first-order valence-corrected chi connectivity index (χ1v) is 7.73. The van der Waals surface area contributed by atoms with Gasteiger partial charge in [-0.15, -0.1) is 11.3 Å². The van der Waals surface area contributed by atoms with E-state index in [0.717, 1.165) is 0 Å². The first kappa shape index (κ1) is 17.1. The van der Waals surface area contributed by atoms with Gasteiger partial charge in [0.2, 0.25) is 0 Å². The van der Waals surface area contributed by atoms with Crippen molar-refractivity contribution < 1.29 is 23.8 Å². The third kappa shape index (κ3) is 4.37. The van der Waals surface area contributed by atoms with Crippen LogP contribution in [0.4, 0.5) is 5.69 Å². The first-order chi connectivity index (χ1) is 11.0. The van der Waals surface area contributed by atoms with E-state index in [1.54, 1.807) is 23.6 Å². The van der Waals surface area contributed by atoms with Crippen molar-refractivity contribution in [3.63, 3.8) is 0 Å². The zero-order chi connectivity index (χ0) is 16.8. The topological polar surface area (TPSA) is 73.9 Å². The van der Waals surface area contributed by atoms with Gasteiger partial charge in [0.1, 0.15) is 16.4 Å². The lowest BCUT2D eigenvalue weighted by Gasteiger charge is -2.13. The number of thiophene rings is 1. The molecule has 1 N–H and O–H groups in total. The predicted octanol–water partition coefficient (Wildman–Crippen LogP) is 3.21. The summed E-state index contributed by atoms with van der Waals surface area (Å²) in [7, 11) is 2.93. The summed E-state index contributed by atoms with van der Waals surface area (Å²) in [4.78, 5) is 24.0. The van der Waals surface area contributed by atoms with Crippen molar-refractivity contribution >= 4 is 40.5 Å². The maximum absolute atomic E-state index is 11.9. The molecule has 8 heteroatoms. The number of halogens is 1. The molecule has 122 valence electrons. The zero-order valence-corrected chi connectivity index (χ0v) is 14.0. The Balaban J connectivity index is 2.00. The van der Waals surface area contributed by atoms with E-state index in [1.807, 2.05) is 0 Å². The molecule has 1 amide bonds. The fraction of sp³-hybridized carbons (Fsp3) is 0.200. The van der Waals surface area contributed by atoms with Crippen LogP contribution in [0.25, 0.3) is 0 Å². The third-order valence-electron chi connectivity index (χ3n) is 2.80. The van der Waals surface area contributed by atoms with Gasteiger partial charge in [-0.25, -0.2) is 4.79 Å². The summed E-state index contributed by atoms with van der Waals surface area (Å²) in [6, 6.07) is 6.40. The van der Waals surface area contributed by atoms with E-state index >= 15 is 0 Å². The molecule has 2 aromatic rings. The van der Waals surface area contributed by atoms with Crippen LogP contribution < -0.4 is 14.8 Å². The highest BCUT2D eigenvalue weighted by Gasteiger charge is 2.15. The number of rotatable bonds is 6. The van der Waals surface area contributed by atoms with Gasteiger partial charge in [0.25, 0.3) is 5.91 Å². The zero-order valence-electron chi connectivity index (χ0n) is 12.4. The number of carbonyl (C=O) groups is 2. The van der Waals surface area contributed by atoms with Crippen LogP contribution in [0.2, 0.25) is 5.02 Å². The number of benzene rings is 1. The van der Waals surface area contributed by atoms with Crippen LogP contribution in [0.5, 0.6) is 11.5 Å². The molecule has 0 unspecified atom stereocenters. The van der Waals surface area contributed by atoms with Crippen LogP contribution in [0.15, 0.2) is 29.6 Å². The summed E-state index contributed by atoms with van der Waals surface area (Å²) in [6.45, 7) is -0.413. The molecule has 23 heavy (non-hydrogen) atoms. The van der Waals surface area contributed by atoms with E-state index in [9.17, 15) is 9.59 Å². The highest BCUT2D eigenvalue weighted by atomic mass is 35.5. The number of nitrogens with one attached hydrogen (secondary N) is 1. The number of hydrogen-bond donors (Lipinski definition) is 1. The molecule has 0 saturated carbocycles. The number of hydrogen-bond acceptors (Lipinski definition) is 6. The second-order valence-corrected chi connectivity index (χ2v) is 5.64. The van der Waals surface area contributed by atoms with E-state index in [1.165, 1.54) is 31.6 Å². The molecule has 0 aliphatic heterocycles. The Morgan fingerprint density at radius 2 is 1.96 bits per heavy atom. The summed E-state index contributed by atoms with van der Waals surface area (Å²) in [5, 5.41) is 4.65. The van der Waals surface area contributed by atoms with E-state index in [-0.39, 0.29) is 0 Å². The van der Waals surface area contributed by atoms with Gasteiger partial charge in [-0.1, -0.05) is 17.7 Å². The van der Waals surface area contributed by atoms with Crippen molar-refractivity contribution in [1.82, 2.24) is 0 Å². The average molecular weight is 356 g/mol. The van der Waals surface area contributed by atoms with Gasteiger partial charge in [-0.2, -0.15) is 0 Å². The number of ether oxygens (including phenoxy) is 3. The Kier molecular flexibility index (Phi) is 5.84. The van der Waals surface area contributed by atoms with Crippen LogP contribution in [-0.2, 0) is 9.53 Å². The number of esters is 1. The first-order valence-electron chi connectivity index (χ1n) is 6.47. The van der Waals surface area contributed by atoms with Gasteiger partial charge < -0.3 is 19.5 Å². The van der Waals surface area contributed by atoms with Crippen LogP contribution in [0.3, 0.4) is 0 Å². The van der Waals surface area contributed by atoms with Crippen molar-refractivity contribution in [2.24, 2.45) is 0 Å². The number of amides is 1. The summed E-state index contributed by atoms with van der Waals surface area (Å²) < 4.78 is 15.2. The van der Waals surface area contributed by atoms with Gasteiger partial charge >= 0.3 is 5.97 Å². The van der Waals surface area contributed by atoms with Gasteiger partial charge in [0.05, 0.1) is 24.9 Å². The molecule has 2 rings (SSSR count). The molecule has 0 aliphatic carbocycles. The van der Waals surface area contributed by atoms with Crippen LogP contribution >= 0.6 is 22.9 Å². The number of carbonyl (C=O) groups excluding carboxylic acids is 2. The Labute approximate surface area is 141 Å². The van der Waals surface area contributed by atoms with Crippen molar-refractivity contribution in [3.8, 4) is 11.5 Å². The summed E-state index contributed by atoms with van der Waals surface area (Å²) >= 11 is 7.26. The molecular weight excluding hydrogens is 342 g/mol. The lowest BCUT2D eigenvalue weighted by Crippen LogP contribution is -2.21. The second kappa shape index (κ2) is 7.85. The smallest absolute Gasteiger partial charge is 0.348 e. The van der Waals surface area contributed by atoms with Crippen LogP contribution in [0.1, 0.15) is 9.67 Å². The molecule has 0 atom stereocenters. The number of anilines is 1. The fourth-order valence-corrected chi connectivity index (χ4v) is 2.60. The van der Waals surface area contributed by atoms with E-state index in [2.05, 4.69) is 5.32 Å². The van der Waals surface area contributed by atoms with Crippen LogP contribution in [0, 0.1) is 0 Å². The van der Waals surface area contributed by atoms with Crippen molar-refractivity contribution in [2.45, 2.75) is 0 Å². The average Bonchev–Trinajstić information content (AvgIpc) is 3.07. The van der Waals surface area contributed by atoms with Crippen LogP contribution in [-0.4, -0.2) is 32.7 Å². The minimum Gasteiger partial charge on any atom is -0.495 e. The summed E-state index contributed by atoms with van der Waals surface area (Å²) in [5.74, 6) is -0.251. The largest absolute Gasteiger partial charge is 0.495 e. The standard InChI is InChI=1S/C15H14ClNO5S/c1-20-11-7-12(21-2)10(6-9(11)16)17-14(18)8-22-15(19)13-4-3-5-23-13/h3-7H,8H2,1-2H3,(H,17,18). The highest BCUT2D eigenvalue weighted by Crippen LogP contribution is 2.35. The lowest BCUT2D eigenvalue weighted by molar-refractivity contribution is -0.119. The normalized spacial score (nSPS) is 10.0. The van der Waals surface area contributed by atoms with Gasteiger partial charge in [0.15, 0.2) is 6.61 Å². The summed E-state index contributed by atoms with van der Waals surface area (Å²) in [5.41, 5.74) is 0.357. The maximum Gasteiger partial charge on any atom is 0.348 e. The Hall–Kier alpha value is -2.25. The predicted molar refractivity (Wildman–Crippen MR) is 87.8 cm³/mol. The molecule has 0 aliphatic rings.